The third-order valence-electron chi connectivity index (χ3n) is 4.79. The number of nitrogens with one attached hydrogen (secondary N) is 1. The Morgan fingerprint density at radius 2 is 2.27 bits per heavy atom. The molecule has 0 spiro atoms. The monoisotopic (exact) mass is 354 g/mol. The van der Waals surface area contributed by atoms with Crippen molar-refractivity contribution < 1.29 is 14.1 Å². The SMILES string of the molecule is Cc1noc([C@H]2COCCN2C(=O)CCCc2c[nH]c3ccccc23)n1. The largest absolute Gasteiger partial charge is 0.377 e. The molecule has 1 aromatic carbocycles. The molecule has 1 saturated heterocycles. The maximum Gasteiger partial charge on any atom is 0.251 e. The van der Waals surface area contributed by atoms with Gasteiger partial charge in [-0.25, -0.2) is 0 Å². The highest BCUT2D eigenvalue weighted by Crippen LogP contribution is 2.25. The lowest BCUT2D eigenvalue weighted by atomic mass is 10.1. The summed E-state index contributed by atoms with van der Waals surface area (Å²) in [4.78, 5) is 22.1. The molecular weight excluding hydrogens is 332 g/mol. The van der Waals surface area contributed by atoms with Gasteiger partial charge in [0.15, 0.2) is 5.82 Å². The molecule has 4 rings (SSSR count). The van der Waals surface area contributed by atoms with Crippen molar-refractivity contribution in [2.24, 2.45) is 0 Å². The molecule has 136 valence electrons. The van der Waals surface area contributed by atoms with Crippen molar-refractivity contribution in [2.45, 2.75) is 32.2 Å². The Morgan fingerprint density at radius 3 is 3.12 bits per heavy atom. The summed E-state index contributed by atoms with van der Waals surface area (Å²) in [6.07, 6.45) is 4.19. The van der Waals surface area contributed by atoms with Gasteiger partial charge in [0, 0.05) is 30.1 Å². The van der Waals surface area contributed by atoms with E-state index in [9.17, 15) is 4.79 Å². The van der Waals surface area contributed by atoms with Gasteiger partial charge in [0.25, 0.3) is 5.89 Å². The number of para-hydroxylation sites is 1. The van der Waals surface area contributed by atoms with Gasteiger partial charge >= 0.3 is 0 Å². The van der Waals surface area contributed by atoms with E-state index in [2.05, 4.69) is 27.3 Å². The lowest BCUT2D eigenvalue weighted by Gasteiger charge is -2.33. The Morgan fingerprint density at radius 1 is 1.38 bits per heavy atom. The number of aryl methyl sites for hydroxylation is 2. The molecule has 2 aromatic heterocycles. The number of carbonyl (C=O) groups excluding carboxylic acids is 1. The second-order valence-corrected chi connectivity index (χ2v) is 6.57. The van der Waals surface area contributed by atoms with Crippen molar-refractivity contribution in [1.82, 2.24) is 20.0 Å². The minimum absolute atomic E-state index is 0.106. The van der Waals surface area contributed by atoms with Crippen LogP contribution >= 0.6 is 0 Å². The summed E-state index contributed by atoms with van der Waals surface area (Å²) in [5, 5.41) is 5.05. The molecular formula is C19H22N4O3. The number of benzene rings is 1. The summed E-state index contributed by atoms with van der Waals surface area (Å²) in [5.41, 5.74) is 2.38. The number of hydrogen-bond donors (Lipinski definition) is 1. The smallest absolute Gasteiger partial charge is 0.251 e. The molecule has 0 saturated carbocycles. The molecule has 1 aliphatic rings. The Labute approximate surface area is 151 Å². The second-order valence-electron chi connectivity index (χ2n) is 6.57. The molecule has 0 unspecified atom stereocenters. The highest BCUT2D eigenvalue weighted by Gasteiger charge is 2.32. The highest BCUT2D eigenvalue weighted by atomic mass is 16.5. The molecule has 0 bridgehead atoms. The van der Waals surface area contributed by atoms with Crippen LogP contribution in [0.4, 0.5) is 0 Å². The Bertz CT molecular complexity index is 901. The van der Waals surface area contributed by atoms with Crippen molar-refractivity contribution in [3.8, 4) is 0 Å². The molecule has 1 atom stereocenters. The quantitative estimate of drug-likeness (QED) is 0.762. The van der Waals surface area contributed by atoms with E-state index >= 15 is 0 Å². The first-order chi connectivity index (χ1) is 12.7. The zero-order chi connectivity index (χ0) is 17.9. The van der Waals surface area contributed by atoms with Crippen LogP contribution in [-0.4, -0.2) is 45.7 Å². The van der Waals surface area contributed by atoms with E-state index < -0.39 is 0 Å². The van der Waals surface area contributed by atoms with Gasteiger partial charge in [-0.1, -0.05) is 23.4 Å². The first-order valence-corrected chi connectivity index (χ1v) is 8.95. The van der Waals surface area contributed by atoms with Crippen molar-refractivity contribution in [2.75, 3.05) is 19.8 Å². The summed E-state index contributed by atoms with van der Waals surface area (Å²) >= 11 is 0. The maximum absolute atomic E-state index is 12.8. The van der Waals surface area contributed by atoms with Crippen LogP contribution < -0.4 is 0 Å². The van der Waals surface area contributed by atoms with E-state index in [0.717, 1.165) is 18.4 Å². The van der Waals surface area contributed by atoms with Crippen LogP contribution in [0.5, 0.6) is 0 Å². The zero-order valence-corrected chi connectivity index (χ0v) is 14.8. The number of amides is 1. The number of hydrogen-bond acceptors (Lipinski definition) is 5. The third-order valence-corrected chi connectivity index (χ3v) is 4.79. The number of aromatic amines is 1. The first kappa shape index (κ1) is 16.8. The fourth-order valence-corrected chi connectivity index (χ4v) is 3.47. The Hall–Kier alpha value is -2.67. The summed E-state index contributed by atoms with van der Waals surface area (Å²) in [5.74, 6) is 1.12. The fraction of sp³-hybridized carbons (Fsp3) is 0.421. The average molecular weight is 354 g/mol. The molecule has 3 heterocycles. The number of aromatic nitrogens is 3. The normalized spacial score (nSPS) is 17.7. The topological polar surface area (TPSA) is 84.3 Å². The zero-order valence-electron chi connectivity index (χ0n) is 14.8. The number of fused-ring (bicyclic) bond motifs is 1. The van der Waals surface area contributed by atoms with Gasteiger partial charge in [0.2, 0.25) is 5.91 Å². The van der Waals surface area contributed by atoms with Gasteiger partial charge in [-0.2, -0.15) is 4.98 Å². The van der Waals surface area contributed by atoms with Gasteiger partial charge in [0.1, 0.15) is 6.04 Å². The van der Waals surface area contributed by atoms with Crippen molar-refractivity contribution in [1.29, 1.82) is 0 Å². The molecule has 7 nitrogen and oxygen atoms in total. The third kappa shape index (κ3) is 3.35. The molecule has 3 aromatic rings. The van der Waals surface area contributed by atoms with Gasteiger partial charge in [0.05, 0.1) is 13.2 Å². The molecule has 0 radical (unpaired) electrons. The Kier molecular flexibility index (Phi) is 4.71. The van der Waals surface area contributed by atoms with Crippen LogP contribution in [0.2, 0.25) is 0 Å². The number of H-pyrrole nitrogens is 1. The average Bonchev–Trinajstić information content (AvgIpc) is 3.28. The lowest BCUT2D eigenvalue weighted by molar-refractivity contribution is -0.141. The standard InChI is InChI=1S/C19H22N4O3/c1-13-21-19(26-22-13)17-12-25-10-9-23(17)18(24)8-4-5-14-11-20-16-7-3-2-6-15(14)16/h2-3,6-7,11,17,20H,4-5,8-10,12H2,1H3/t17-/m1/s1. The van der Waals surface area contributed by atoms with Gasteiger partial charge in [-0.3, -0.25) is 4.79 Å². The molecule has 1 N–H and O–H groups in total. The summed E-state index contributed by atoms with van der Waals surface area (Å²) in [6, 6.07) is 7.94. The van der Waals surface area contributed by atoms with Crippen LogP contribution in [0.1, 0.15) is 36.2 Å². The predicted octanol–water partition coefficient (Wildman–Crippen LogP) is 2.78. The molecule has 1 aliphatic heterocycles. The number of ether oxygens (including phenoxy) is 1. The first-order valence-electron chi connectivity index (χ1n) is 8.95. The van der Waals surface area contributed by atoms with Gasteiger partial charge < -0.3 is 19.1 Å². The fourth-order valence-electron chi connectivity index (χ4n) is 3.47. The van der Waals surface area contributed by atoms with Crippen LogP contribution in [0, 0.1) is 6.92 Å². The Balaban J connectivity index is 1.39. The van der Waals surface area contributed by atoms with Gasteiger partial charge in [-0.15, -0.1) is 0 Å². The van der Waals surface area contributed by atoms with Crippen molar-refractivity contribution >= 4 is 16.8 Å². The lowest BCUT2D eigenvalue weighted by Crippen LogP contribution is -2.43. The minimum Gasteiger partial charge on any atom is -0.377 e. The predicted molar refractivity (Wildman–Crippen MR) is 95.5 cm³/mol. The van der Waals surface area contributed by atoms with E-state index in [1.807, 2.05) is 23.2 Å². The van der Waals surface area contributed by atoms with Crippen LogP contribution in [0.25, 0.3) is 10.9 Å². The van der Waals surface area contributed by atoms with Crippen molar-refractivity contribution in [3.63, 3.8) is 0 Å². The molecule has 0 aliphatic carbocycles. The molecule has 1 fully saturated rings. The number of morpholine rings is 1. The van der Waals surface area contributed by atoms with E-state index in [-0.39, 0.29) is 11.9 Å². The van der Waals surface area contributed by atoms with Gasteiger partial charge in [-0.05, 0) is 31.4 Å². The maximum atomic E-state index is 12.8. The van der Waals surface area contributed by atoms with Crippen LogP contribution in [0.3, 0.4) is 0 Å². The van der Waals surface area contributed by atoms with E-state index in [1.54, 1.807) is 6.92 Å². The van der Waals surface area contributed by atoms with Crippen molar-refractivity contribution in [3.05, 3.63) is 47.7 Å². The summed E-state index contributed by atoms with van der Waals surface area (Å²) in [6.45, 7) is 3.26. The molecule has 1 amide bonds. The number of carbonyl (C=O) groups is 1. The summed E-state index contributed by atoms with van der Waals surface area (Å²) in [7, 11) is 0. The van der Waals surface area contributed by atoms with E-state index in [1.165, 1.54) is 10.9 Å². The highest BCUT2D eigenvalue weighted by molar-refractivity contribution is 5.83. The van der Waals surface area contributed by atoms with E-state index in [0.29, 0.717) is 37.9 Å². The second kappa shape index (κ2) is 7.29. The number of nitrogens with zero attached hydrogens (tertiary/aromatic N) is 3. The van der Waals surface area contributed by atoms with Crippen LogP contribution in [0.15, 0.2) is 35.0 Å². The van der Waals surface area contributed by atoms with E-state index in [4.69, 9.17) is 9.26 Å². The summed E-state index contributed by atoms with van der Waals surface area (Å²) < 4.78 is 10.8. The minimum atomic E-state index is -0.287. The van der Waals surface area contributed by atoms with Crippen LogP contribution in [-0.2, 0) is 16.0 Å². The number of rotatable bonds is 5. The molecule has 7 heteroatoms. The molecule has 26 heavy (non-hydrogen) atoms.